The molecule has 0 spiro atoms. The van der Waals surface area contributed by atoms with Crippen LogP contribution in [0, 0.1) is 5.41 Å². The van der Waals surface area contributed by atoms with Gasteiger partial charge in [-0.05, 0) is 11.8 Å². The molecule has 1 N–H and O–H groups in total. The fraction of sp³-hybridized carbons (Fsp3) is 0.692. The maximum absolute atomic E-state index is 5.55. The van der Waals surface area contributed by atoms with Crippen molar-refractivity contribution in [3.05, 3.63) is 17.6 Å². The van der Waals surface area contributed by atoms with Crippen LogP contribution in [0.25, 0.3) is 0 Å². The maximum atomic E-state index is 5.55. The van der Waals surface area contributed by atoms with Gasteiger partial charge in [-0.25, -0.2) is 9.97 Å². The van der Waals surface area contributed by atoms with E-state index in [4.69, 9.17) is 4.74 Å². The topological polar surface area (TPSA) is 47.0 Å². The Morgan fingerprint density at radius 1 is 1.35 bits per heavy atom. The van der Waals surface area contributed by atoms with E-state index in [2.05, 4.69) is 43.0 Å². The van der Waals surface area contributed by atoms with Crippen molar-refractivity contribution >= 4 is 5.82 Å². The molecule has 4 nitrogen and oxygen atoms in total. The molecule has 0 saturated carbocycles. The first kappa shape index (κ1) is 13.9. The first-order valence-corrected chi connectivity index (χ1v) is 6.00. The molecule has 0 saturated heterocycles. The van der Waals surface area contributed by atoms with Crippen molar-refractivity contribution in [1.82, 2.24) is 9.97 Å². The SMILES string of the molecule is CCc1cc(NC)nc(C(OC)C(C)(C)C)n1. The minimum absolute atomic E-state index is 0.0217. The molecule has 4 heteroatoms. The smallest absolute Gasteiger partial charge is 0.160 e. The molecule has 1 aromatic rings. The minimum atomic E-state index is -0.0962. The monoisotopic (exact) mass is 237 g/mol. The zero-order chi connectivity index (χ0) is 13.1. The zero-order valence-electron chi connectivity index (χ0n) is 11.7. The standard InChI is InChI=1S/C13H23N3O/c1-7-9-8-10(14-5)16-12(15-9)11(17-6)13(2,3)4/h8,11H,7H2,1-6H3,(H,14,15,16). The summed E-state index contributed by atoms with van der Waals surface area (Å²) in [6.07, 6.45) is 0.797. The number of rotatable bonds is 4. The lowest BCUT2D eigenvalue weighted by Gasteiger charge is -2.28. The van der Waals surface area contributed by atoms with Crippen molar-refractivity contribution in [3.63, 3.8) is 0 Å². The van der Waals surface area contributed by atoms with Gasteiger partial charge in [-0.3, -0.25) is 0 Å². The number of nitrogens with one attached hydrogen (secondary N) is 1. The summed E-state index contributed by atoms with van der Waals surface area (Å²) in [4.78, 5) is 9.05. The van der Waals surface area contributed by atoms with Gasteiger partial charge in [0.1, 0.15) is 11.9 Å². The molecule has 0 aliphatic carbocycles. The van der Waals surface area contributed by atoms with E-state index in [1.54, 1.807) is 7.11 Å². The molecule has 96 valence electrons. The molecule has 1 unspecified atom stereocenters. The molecule has 0 aliphatic heterocycles. The van der Waals surface area contributed by atoms with E-state index in [0.717, 1.165) is 23.8 Å². The summed E-state index contributed by atoms with van der Waals surface area (Å²) in [6, 6.07) is 1.97. The van der Waals surface area contributed by atoms with Gasteiger partial charge in [0.15, 0.2) is 5.82 Å². The first-order valence-electron chi connectivity index (χ1n) is 6.00. The molecule has 1 aromatic heterocycles. The van der Waals surface area contributed by atoms with Gasteiger partial charge >= 0.3 is 0 Å². The van der Waals surface area contributed by atoms with Crippen molar-refractivity contribution in [2.75, 3.05) is 19.5 Å². The van der Waals surface area contributed by atoms with Crippen LogP contribution in [0.1, 0.15) is 45.3 Å². The van der Waals surface area contributed by atoms with E-state index >= 15 is 0 Å². The predicted octanol–water partition coefficient (Wildman–Crippen LogP) is 2.81. The predicted molar refractivity (Wildman–Crippen MR) is 70.2 cm³/mol. The van der Waals surface area contributed by atoms with Gasteiger partial charge < -0.3 is 10.1 Å². The van der Waals surface area contributed by atoms with Crippen molar-refractivity contribution in [2.45, 2.75) is 40.2 Å². The Morgan fingerprint density at radius 3 is 2.41 bits per heavy atom. The first-order chi connectivity index (χ1) is 7.92. The van der Waals surface area contributed by atoms with Gasteiger partial charge in [0, 0.05) is 25.9 Å². The Bertz CT molecular complexity index is 349. The van der Waals surface area contributed by atoms with E-state index in [-0.39, 0.29) is 11.5 Å². The van der Waals surface area contributed by atoms with Gasteiger partial charge in [-0.15, -0.1) is 0 Å². The van der Waals surface area contributed by atoms with E-state index in [1.807, 2.05) is 13.1 Å². The Labute approximate surface area is 104 Å². The van der Waals surface area contributed by atoms with E-state index in [9.17, 15) is 0 Å². The molecule has 0 amide bonds. The molecule has 1 rings (SSSR count). The van der Waals surface area contributed by atoms with E-state index in [1.165, 1.54) is 0 Å². The molecular formula is C13H23N3O. The molecule has 1 atom stereocenters. The maximum Gasteiger partial charge on any atom is 0.160 e. The lowest BCUT2D eigenvalue weighted by Crippen LogP contribution is -2.23. The molecule has 0 aliphatic rings. The normalized spacial score (nSPS) is 13.5. The second-order valence-corrected chi connectivity index (χ2v) is 5.19. The average molecular weight is 237 g/mol. The second kappa shape index (κ2) is 5.45. The number of methoxy groups -OCH3 is 1. The van der Waals surface area contributed by atoms with Crippen LogP contribution in [0.3, 0.4) is 0 Å². The van der Waals surface area contributed by atoms with Crippen LogP contribution < -0.4 is 5.32 Å². The van der Waals surface area contributed by atoms with Crippen molar-refractivity contribution in [3.8, 4) is 0 Å². The summed E-state index contributed by atoms with van der Waals surface area (Å²) in [5.41, 5.74) is 1.01. The Morgan fingerprint density at radius 2 is 2.00 bits per heavy atom. The van der Waals surface area contributed by atoms with Gasteiger partial charge in [0.25, 0.3) is 0 Å². The summed E-state index contributed by atoms with van der Waals surface area (Å²) in [6.45, 7) is 8.47. The Kier molecular flexibility index (Phi) is 4.46. The van der Waals surface area contributed by atoms with Gasteiger partial charge in [0.05, 0.1) is 0 Å². The van der Waals surface area contributed by atoms with Crippen LogP contribution in [0.2, 0.25) is 0 Å². The van der Waals surface area contributed by atoms with Crippen LogP contribution in [-0.4, -0.2) is 24.1 Å². The molecule has 1 heterocycles. The summed E-state index contributed by atoms with van der Waals surface area (Å²) >= 11 is 0. The van der Waals surface area contributed by atoms with Crippen molar-refractivity contribution in [2.24, 2.45) is 5.41 Å². The van der Waals surface area contributed by atoms with Gasteiger partial charge in [0.2, 0.25) is 0 Å². The summed E-state index contributed by atoms with van der Waals surface area (Å²) < 4.78 is 5.55. The fourth-order valence-corrected chi connectivity index (χ4v) is 1.79. The van der Waals surface area contributed by atoms with Gasteiger partial charge in [-0.1, -0.05) is 27.7 Å². The Balaban J connectivity index is 3.19. The summed E-state index contributed by atoms with van der Waals surface area (Å²) in [5, 5.41) is 3.07. The van der Waals surface area contributed by atoms with Gasteiger partial charge in [-0.2, -0.15) is 0 Å². The largest absolute Gasteiger partial charge is 0.373 e. The number of nitrogens with zero attached hydrogens (tertiary/aromatic N) is 2. The number of aromatic nitrogens is 2. The van der Waals surface area contributed by atoms with Crippen molar-refractivity contribution < 1.29 is 4.74 Å². The van der Waals surface area contributed by atoms with Crippen LogP contribution >= 0.6 is 0 Å². The summed E-state index contributed by atoms with van der Waals surface area (Å²) in [7, 11) is 3.57. The number of hydrogen-bond donors (Lipinski definition) is 1. The molecule has 0 radical (unpaired) electrons. The average Bonchev–Trinajstić information content (AvgIpc) is 2.27. The number of ether oxygens (including phenoxy) is 1. The van der Waals surface area contributed by atoms with E-state index in [0.29, 0.717) is 0 Å². The lowest BCUT2D eigenvalue weighted by molar-refractivity contribution is 0.00862. The minimum Gasteiger partial charge on any atom is -0.373 e. The molecule has 17 heavy (non-hydrogen) atoms. The second-order valence-electron chi connectivity index (χ2n) is 5.19. The quantitative estimate of drug-likeness (QED) is 0.874. The number of aryl methyl sites for hydroxylation is 1. The third kappa shape index (κ3) is 3.40. The highest BCUT2D eigenvalue weighted by Crippen LogP contribution is 2.34. The van der Waals surface area contributed by atoms with Crippen LogP contribution in [0.15, 0.2) is 6.07 Å². The highest BCUT2D eigenvalue weighted by molar-refractivity contribution is 5.35. The fourth-order valence-electron chi connectivity index (χ4n) is 1.79. The third-order valence-corrected chi connectivity index (χ3v) is 2.67. The highest BCUT2D eigenvalue weighted by Gasteiger charge is 2.29. The summed E-state index contributed by atoms with van der Waals surface area (Å²) in [5.74, 6) is 1.60. The van der Waals surface area contributed by atoms with Crippen LogP contribution in [0.4, 0.5) is 5.82 Å². The van der Waals surface area contributed by atoms with Crippen LogP contribution in [0.5, 0.6) is 0 Å². The van der Waals surface area contributed by atoms with E-state index < -0.39 is 0 Å². The number of hydrogen-bond acceptors (Lipinski definition) is 4. The molecule has 0 aromatic carbocycles. The Hall–Kier alpha value is -1.16. The van der Waals surface area contributed by atoms with Crippen LogP contribution in [-0.2, 0) is 11.2 Å². The molecule has 0 fully saturated rings. The number of anilines is 1. The third-order valence-electron chi connectivity index (χ3n) is 2.67. The highest BCUT2D eigenvalue weighted by atomic mass is 16.5. The molecular weight excluding hydrogens is 214 g/mol. The van der Waals surface area contributed by atoms with Crippen molar-refractivity contribution in [1.29, 1.82) is 0 Å². The lowest BCUT2D eigenvalue weighted by atomic mass is 9.88. The molecule has 0 bridgehead atoms. The zero-order valence-corrected chi connectivity index (χ0v) is 11.7.